The fourth-order valence-electron chi connectivity index (χ4n) is 4.25. The second-order valence-corrected chi connectivity index (χ2v) is 9.75. The van der Waals surface area contributed by atoms with Crippen molar-refractivity contribution in [2.75, 3.05) is 21.7 Å². The first-order chi connectivity index (χ1) is 18.4. The van der Waals surface area contributed by atoms with E-state index in [4.69, 9.17) is 27.9 Å². The van der Waals surface area contributed by atoms with Gasteiger partial charge in [-0.05, 0) is 70.7 Å². The third-order valence-corrected chi connectivity index (χ3v) is 6.19. The Morgan fingerprint density at radius 2 is 1.77 bits per heavy atom. The van der Waals surface area contributed by atoms with Gasteiger partial charge >= 0.3 is 11.7 Å². The molecule has 3 rings (SSSR count). The van der Waals surface area contributed by atoms with Crippen molar-refractivity contribution in [3.05, 3.63) is 33.1 Å². The van der Waals surface area contributed by atoms with E-state index >= 15 is 0 Å². The molecule has 1 amide bonds. The van der Waals surface area contributed by atoms with Crippen LogP contribution in [-0.2, 0) is 14.3 Å². The Kier molecular flexibility index (Phi) is 11.6. The summed E-state index contributed by atoms with van der Waals surface area (Å²) < 4.78 is 5.05. The number of esters is 1. The molecule has 0 aliphatic carbocycles. The van der Waals surface area contributed by atoms with Gasteiger partial charge in [-0.25, -0.2) is 14.8 Å². The number of halogens is 2. The van der Waals surface area contributed by atoms with Crippen molar-refractivity contribution >= 4 is 58.1 Å². The van der Waals surface area contributed by atoms with Crippen LogP contribution in [0.15, 0.2) is 12.4 Å². The van der Waals surface area contributed by atoms with E-state index < -0.39 is 16.9 Å². The molecule has 2 aromatic rings. The highest BCUT2D eigenvalue weighted by Crippen LogP contribution is 2.33. The number of rotatable bonds is 9. The second kappa shape index (κ2) is 14.2. The summed E-state index contributed by atoms with van der Waals surface area (Å²) in [4.78, 5) is 53.9. The molecule has 1 N–H and O–H groups in total. The van der Waals surface area contributed by atoms with Crippen LogP contribution < -0.4 is 15.1 Å². The molecule has 1 aliphatic rings. The van der Waals surface area contributed by atoms with Crippen LogP contribution in [0.5, 0.6) is 0 Å². The van der Waals surface area contributed by atoms with E-state index in [1.54, 1.807) is 24.9 Å². The minimum absolute atomic E-state index is 0.0138. The number of amides is 1. The SMILES string of the molecule is CCOC(=O)[C@@H](CC)N(c1nc(Cl)ncc1[N+](=O)[O-])C(C)C.CC[C@@H]1C(=O)Nc2cnc(Cl)nc2N1C(C)C. The van der Waals surface area contributed by atoms with E-state index in [0.717, 1.165) is 12.6 Å². The van der Waals surface area contributed by atoms with Gasteiger partial charge in [0.15, 0.2) is 5.82 Å². The third-order valence-electron chi connectivity index (χ3n) is 5.82. The highest BCUT2D eigenvalue weighted by atomic mass is 35.5. The predicted octanol–water partition coefficient (Wildman–Crippen LogP) is 4.67. The van der Waals surface area contributed by atoms with E-state index in [0.29, 0.717) is 17.9 Å². The van der Waals surface area contributed by atoms with Gasteiger partial charge in [-0.1, -0.05) is 13.8 Å². The first-order valence-corrected chi connectivity index (χ1v) is 13.4. The Morgan fingerprint density at radius 3 is 2.28 bits per heavy atom. The lowest BCUT2D eigenvalue weighted by Gasteiger charge is -2.39. The summed E-state index contributed by atoms with van der Waals surface area (Å²) in [5, 5.41) is 14.1. The first kappa shape index (κ1) is 31.9. The molecule has 0 unspecified atom stereocenters. The Labute approximate surface area is 237 Å². The summed E-state index contributed by atoms with van der Waals surface area (Å²) in [6.07, 6.45) is 3.72. The van der Waals surface area contributed by atoms with E-state index in [1.165, 1.54) is 0 Å². The molecule has 0 spiro atoms. The molecule has 0 fully saturated rings. The highest BCUT2D eigenvalue weighted by Gasteiger charge is 2.35. The van der Waals surface area contributed by atoms with Gasteiger partial charge in [-0.3, -0.25) is 14.9 Å². The van der Waals surface area contributed by atoms with Crippen LogP contribution in [0.4, 0.5) is 23.0 Å². The maximum absolute atomic E-state index is 12.1. The Balaban J connectivity index is 0.000000282. The van der Waals surface area contributed by atoms with Crippen molar-refractivity contribution in [3.63, 3.8) is 0 Å². The molecule has 2 atom stereocenters. The van der Waals surface area contributed by atoms with E-state index in [1.807, 2.05) is 39.5 Å². The number of nitro groups is 1. The van der Waals surface area contributed by atoms with Gasteiger partial charge in [-0.2, -0.15) is 9.97 Å². The fraction of sp³-hybridized carbons (Fsp3) is 0.583. The van der Waals surface area contributed by atoms with Crippen molar-refractivity contribution in [1.82, 2.24) is 19.9 Å². The number of nitrogens with zero attached hydrogens (tertiary/aromatic N) is 7. The molecule has 0 saturated carbocycles. The minimum Gasteiger partial charge on any atom is -0.464 e. The van der Waals surface area contributed by atoms with E-state index in [-0.39, 0.29) is 52.7 Å². The Morgan fingerprint density at radius 1 is 1.15 bits per heavy atom. The van der Waals surface area contributed by atoms with Crippen LogP contribution in [0.1, 0.15) is 61.3 Å². The average molecular weight is 585 g/mol. The van der Waals surface area contributed by atoms with Crippen molar-refractivity contribution in [2.45, 2.75) is 85.5 Å². The molecule has 15 heteroatoms. The summed E-state index contributed by atoms with van der Waals surface area (Å²) in [5.74, 6) is 0.244. The number of nitrogens with one attached hydrogen (secondary N) is 1. The van der Waals surface area contributed by atoms with Crippen LogP contribution >= 0.6 is 23.2 Å². The molecule has 3 heterocycles. The van der Waals surface area contributed by atoms with Crippen molar-refractivity contribution in [3.8, 4) is 0 Å². The Hall–Kier alpha value is -3.32. The Bertz CT molecular complexity index is 1180. The van der Waals surface area contributed by atoms with Crippen molar-refractivity contribution in [2.24, 2.45) is 0 Å². The van der Waals surface area contributed by atoms with Gasteiger partial charge in [0.2, 0.25) is 22.3 Å². The zero-order chi connectivity index (χ0) is 29.4. The molecule has 0 radical (unpaired) electrons. The van der Waals surface area contributed by atoms with Crippen molar-refractivity contribution in [1.29, 1.82) is 0 Å². The molecule has 39 heavy (non-hydrogen) atoms. The number of carbonyl (C=O) groups excluding carboxylic acids is 2. The predicted molar refractivity (Wildman–Crippen MR) is 149 cm³/mol. The normalized spacial score (nSPS) is 15.2. The van der Waals surface area contributed by atoms with Crippen LogP contribution in [-0.4, -0.2) is 67.5 Å². The molecule has 0 bridgehead atoms. The van der Waals surface area contributed by atoms with Crippen LogP contribution in [0, 0.1) is 10.1 Å². The first-order valence-electron chi connectivity index (χ1n) is 12.6. The molecule has 2 aromatic heterocycles. The van der Waals surface area contributed by atoms with Crippen LogP contribution in [0.2, 0.25) is 10.6 Å². The zero-order valence-electron chi connectivity index (χ0n) is 23.0. The number of hydrogen-bond donors (Lipinski definition) is 1. The zero-order valence-corrected chi connectivity index (χ0v) is 24.5. The number of hydrogen-bond acceptors (Lipinski definition) is 11. The lowest BCUT2D eigenvalue weighted by Crippen LogP contribution is -2.51. The largest absolute Gasteiger partial charge is 0.464 e. The molecule has 1 aliphatic heterocycles. The van der Waals surface area contributed by atoms with Crippen LogP contribution in [0.25, 0.3) is 0 Å². The molecule has 0 aromatic carbocycles. The molecule has 13 nitrogen and oxygen atoms in total. The van der Waals surface area contributed by atoms with Gasteiger partial charge in [0.1, 0.15) is 24.0 Å². The standard InChI is InChI=1S/C13H19ClN4O4.C11H15ClN4O/c1-5-9(12(19)22-6-2)17(8(3)4)11-10(18(20)21)7-15-13(14)16-11;1-4-8-10(17)14-7-5-13-11(12)15-9(7)16(8)6(2)3/h7-9H,5-6H2,1-4H3;5-6,8H,4H2,1-3H3,(H,14,17)/t9-;8-/m11/s1. The number of fused-ring (bicyclic) bond motifs is 1. The van der Waals surface area contributed by atoms with Gasteiger partial charge in [0, 0.05) is 12.1 Å². The number of anilines is 3. The van der Waals surface area contributed by atoms with E-state index in [2.05, 4.69) is 25.3 Å². The molecule has 214 valence electrons. The summed E-state index contributed by atoms with van der Waals surface area (Å²) in [6, 6.07) is -0.937. The minimum atomic E-state index is -0.690. The summed E-state index contributed by atoms with van der Waals surface area (Å²) in [5.41, 5.74) is 0.318. The number of ether oxygens (including phenoxy) is 1. The van der Waals surface area contributed by atoms with Crippen molar-refractivity contribution < 1.29 is 19.2 Å². The number of carbonyl (C=O) groups is 2. The lowest BCUT2D eigenvalue weighted by atomic mass is 10.1. The monoisotopic (exact) mass is 584 g/mol. The van der Waals surface area contributed by atoms with Gasteiger partial charge in [0.05, 0.1) is 17.7 Å². The molecule has 0 saturated heterocycles. The maximum atomic E-state index is 12.1. The summed E-state index contributed by atoms with van der Waals surface area (Å²) in [7, 11) is 0. The van der Waals surface area contributed by atoms with Gasteiger partial charge < -0.3 is 19.9 Å². The summed E-state index contributed by atoms with van der Waals surface area (Å²) in [6.45, 7) is 13.4. The van der Waals surface area contributed by atoms with Gasteiger partial charge in [-0.15, -0.1) is 0 Å². The van der Waals surface area contributed by atoms with E-state index in [9.17, 15) is 19.7 Å². The number of aromatic nitrogens is 4. The highest BCUT2D eigenvalue weighted by molar-refractivity contribution is 6.28. The smallest absolute Gasteiger partial charge is 0.329 e. The third kappa shape index (κ3) is 7.63. The summed E-state index contributed by atoms with van der Waals surface area (Å²) >= 11 is 11.6. The molecular weight excluding hydrogens is 551 g/mol. The lowest BCUT2D eigenvalue weighted by molar-refractivity contribution is -0.384. The quantitative estimate of drug-likeness (QED) is 0.189. The van der Waals surface area contributed by atoms with Gasteiger partial charge in [0.25, 0.3) is 0 Å². The maximum Gasteiger partial charge on any atom is 0.329 e. The molecular formula is C24H34Cl2N8O5. The second-order valence-electron chi connectivity index (χ2n) is 9.07. The average Bonchev–Trinajstić information content (AvgIpc) is 2.86. The fourth-order valence-corrected chi connectivity index (χ4v) is 4.50. The topological polar surface area (TPSA) is 157 Å². The van der Waals surface area contributed by atoms with Crippen LogP contribution in [0.3, 0.4) is 0 Å².